The van der Waals surface area contributed by atoms with Crippen molar-refractivity contribution >= 4 is 33.7 Å². The van der Waals surface area contributed by atoms with Crippen LogP contribution in [-0.4, -0.2) is 37.9 Å². The van der Waals surface area contributed by atoms with Crippen molar-refractivity contribution in [3.8, 4) is 0 Å². The highest BCUT2D eigenvalue weighted by molar-refractivity contribution is 7.89. The molecule has 9 heteroatoms. The standard InChI is InChI=1S/C18H20ClN3O4S/c1-13-4-7-16(26-13)11-20-21-18(23)14-3-2-10-22(12-14)27(24,25)17-8-5-15(19)6-9-17/h4-9,11,14H,2-3,10,12H2,1H3,(H,21,23)/b20-11+. The molecule has 1 atom stereocenters. The molecule has 2 aromatic rings. The Balaban J connectivity index is 1.63. The lowest BCUT2D eigenvalue weighted by molar-refractivity contribution is -0.126. The van der Waals surface area contributed by atoms with Crippen LogP contribution in [-0.2, 0) is 14.8 Å². The van der Waals surface area contributed by atoms with Crippen LogP contribution in [0.3, 0.4) is 0 Å². The fourth-order valence-electron chi connectivity index (χ4n) is 2.90. The number of aryl methyl sites for hydroxylation is 1. The zero-order valence-electron chi connectivity index (χ0n) is 14.8. The fraction of sp³-hybridized carbons (Fsp3) is 0.333. The first-order chi connectivity index (χ1) is 12.9. The van der Waals surface area contributed by atoms with Crippen LogP contribution < -0.4 is 5.43 Å². The van der Waals surface area contributed by atoms with Gasteiger partial charge in [-0.1, -0.05) is 11.6 Å². The Bertz CT molecular complexity index is 938. The van der Waals surface area contributed by atoms with Crippen LogP contribution in [0.15, 0.2) is 50.8 Å². The molecule has 1 unspecified atom stereocenters. The zero-order chi connectivity index (χ0) is 19.4. The maximum absolute atomic E-state index is 12.8. The number of carbonyl (C=O) groups excluding carboxylic acids is 1. The lowest BCUT2D eigenvalue weighted by atomic mass is 9.99. The summed E-state index contributed by atoms with van der Waals surface area (Å²) in [5.41, 5.74) is 2.46. The Morgan fingerprint density at radius 2 is 2.04 bits per heavy atom. The normalized spacial score (nSPS) is 18.7. The van der Waals surface area contributed by atoms with E-state index in [0.717, 1.165) is 5.76 Å². The first-order valence-electron chi connectivity index (χ1n) is 8.51. The molecule has 0 saturated carbocycles. The van der Waals surface area contributed by atoms with E-state index in [0.29, 0.717) is 30.2 Å². The number of furan rings is 1. The summed E-state index contributed by atoms with van der Waals surface area (Å²) >= 11 is 5.82. The molecule has 1 aliphatic heterocycles. The summed E-state index contributed by atoms with van der Waals surface area (Å²) in [4.78, 5) is 12.5. The third-order valence-corrected chi connectivity index (χ3v) is 6.47. The molecule has 1 amide bonds. The van der Waals surface area contributed by atoms with Crippen LogP contribution in [0.25, 0.3) is 0 Å². The van der Waals surface area contributed by atoms with Gasteiger partial charge in [0.05, 0.1) is 17.0 Å². The first kappa shape index (κ1) is 19.6. The molecule has 1 aromatic carbocycles. The molecule has 0 bridgehead atoms. The number of halogens is 1. The number of hydrazone groups is 1. The van der Waals surface area contributed by atoms with Crippen molar-refractivity contribution in [1.82, 2.24) is 9.73 Å². The van der Waals surface area contributed by atoms with Crippen molar-refractivity contribution in [1.29, 1.82) is 0 Å². The summed E-state index contributed by atoms with van der Waals surface area (Å²) in [6.45, 7) is 2.31. The number of hydrogen-bond acceptors (Lipinski definition) is 5. The van der Waals surface area contributed by atoms with E-state index < -0.39 is 15.9 Å². The number of carbonyl (C=O) groups is 1. The van der Waals surface area contributed by atoms with Crippen molar-refractivity contribution in [3.63, 3.8) is 0 Å². The van der Waals surface area contributed by atoms with Gasteiger partial charge < -0.3 is 4.42 Å². The van der Waals surface area contributed by atoms with Crippen molar-refractivity contribution in [2.45, 2.75) is 24.7 Å². The summed E-state index contributed by atoms with van der Waals surface area (Å²) in [6, 6.07) is 9.55. The molecule has 27 heavy (non-hydrogen) atoms. The molecule has 2 heterocycles. The molecule has 1 aromatic heterocycles. The summed E-state index contributed by atoms with van der Waals surface area (Å²) in [7, 11) is -3.66. The van der Waals surface area contributed by atoms with Gasteiger partial charge >= 0.3 is 0 Å². The molecular formula is C18H20ClN3O4S. The summed E-state index contributed by atoms with van der Waals surface area (Å²) in [5.74, 6) is 0.503. The largest absolute Gasteiger partial charge is 0.460 e. The van der Waals surface area contributed by atoms with Gasteiger partial charge in [-0.25, -0.2) is 13.8 Å². The van der Waals surface area contributed by atoms with E-state index >= 15 is 0 Å². The second-order valence-corrected chi connectivity index (χ2v) is 8.71. The van der Waals surface area contributed by atoms with Gasteiger partial charge in [-0.3, -0.25) is 4.79 Å². The summed E-state index contributed by atoms with van der Waals surface area (Å²) in [5, 5.41) is 4.35. The second-order valence-electron chi connectivity index (χ2n) is 6.34. The van der Waals surface area contributed by atoms with E-state index in [1.54, 1.807) is 12.1 Å². The first-order valence-corrected chi connectivity index (χ1v) is 10.3. The number of nitrogens with zero attached hydrogens (tertiary/aromatic N) is 2. The van der Waals surface area contributed by atoms with Gasteiger partial charge in [-0.2, -0.15) is 9.41 Å². The van der Waals surface area contributed by atoms with E-state index in [1.165, 1.54) is 34.8 Å². The van der Waals surface area contributed by atoms with E-state index in [4.69, 9.17) is 16.0 Å². The van der Waals surface area contributed by atoms with E-state index in [9.17, 15) is 13.2 Å². The number of nitrogens with one attached hydrogen (secondary N) is 1. The number of hydrogen-bond donors (Lipinski definition) is 1. The predicted octanol–water partition coefficient (Wildman–Crippen LogP) is 2.79. The number of amides is 1. The van der Waals surface area contributed by atoms with Gasteiger partial charge in [0.15, 0.2) is 0 Å². The van der Waals surface area contributed by atoms with Crippen molar-refractivity contribution < 1.29 is 17.6 Å². The Morgan fingerprint density at radius 3 is 2.70 bits per heavy atom. The summed E-state index contributed by atoms with van der Waals surface area (Å²) < 4.78 is 32.2. The third-order valence-electron chi connectivity index (χ3n) is 4.33. The lowest BCUT2D eigenvalue weighted by Crippen LogP contribution is -2.44. The van der Waals surface area contributed by atoms with E-state index in [1.807, 2.05) is 6.92 Å². The average molecular weight is 410 g/mol. The molecule has 3 rings (SSSR count). The van der Waals surface area contributed by atoms with Crippen LogP contribution in [0.2, 0.25) is 5.02 Å². The minimum absolute atomic E-state index is 0.117. The Labute approximate surface area is 163 Å². The monoisotopic (exact) mass is 409 g/mol. The molecule has 144 valence electrons. The highest BCUT2D eigenvalue weighted by atomic mass is 35.5. The maximum Gasteiger partial charge on any atom is 0.244 e. The van der Waals surface area contributed by atoms with Gasteiger partial charge in [-0.05, 0) is 56.2 Å². The zero-order valence-corrected chi connectivity index (χ0v) is 16.3. The smallest absolute Gasteiger partial charge is 0.244 e. The molecule has 0 spiro atoms. The fourth-order valence-corrected chi connectivity index (χ4v) is 4.55. The SMILES string of the molecule is Cc1ccc(/C=N/NC(=O)C2CCCN(S(=O)(=O)c3ccc(Cl)cc3)C2)o1. The molecule has 1 saturated heterocycles. The van der Waals surface area contributed by atoms with Gasteiger partial charge in [0.2, 0.25) is 15.9 Å². The van der Waals surface area contributed by atoms with Crippen molar-refractivity contribution in [2.75, 3.05) is 13.1 Å². The van der Waals surface area contributed by atoms with Gasteiger partial charge in [0.1, 0.15) is 11.5 Å². The van der Waals surface area contributed by atoms with Crippen LogP contribution >= 0.6 is 11.6 Å². The highest BCUT2D eigenvalue weighted by Crippen LogP contribution is 2.24. The van der Waals surface area contributed by atoms with E-state index in [2.05, 4.69) is 10.5 Å². The van der Waals surface area contributed by atoms with Gasteiger partial charge in [0.25, 0.3) is 0 Å². The molecule has 0 aliphatic carbocycles. The Hall–Kier alpha value is -2.16. The number of rotatable bonds is 5. The molecule has 0 radical (unpaired) electrons. The lowest BCUT2D eigenvalue weighted by Gasteiger charge is -2.30. The number of benzene rings is 1. The van der Waals surface area contributed by atoms with Crippen LogP contribution in [0.4, 0.5) is 0 Å². The minimum Gasteiger partial charge on any atom is -0.460 e. The number of piperidine rings is 1. The topological polar surface area (TPSA) is 92.0 Å². The minimum atomic E-state index is -3.66. The van der Waals surface area contributed by atoms with Gasteiger partial charge in [0, 0.05) is 18.1 Å². The second kappa shape index (κ2) is 8.24. The van der Waals surface area contributed by atoms with Crippen LogP contribution in [0.5, 0.6) is 0 Å². The average Bonchev–Trinajstić information content (AvgIpc) is 3.07. The van der Waals surface area contributed by atoms with E-state index in [-0.39, 0.29) is 17.3 Å². The maximum atomic E-state index is 12.8. The predicted molar refractivity (Wildman–Crippen MR) is 102 cm³/mol. The summed E-state index contributed by atoms with van der Waals surface area (Å²) in [6.07, 6.45) is 2.62. The highest BCUT2D eigenvalue weighted by Gasteiger charge is 2.33. The third kappa shape index (κ3) is 4.77. The molecular weight excluding hydrogens is 390 g/mol. The quantitative estimate of drug-likeness (QED) is 0.607. The molecule has 1 aliphatic rings. The molecule has 1 N–H and O–H groups in total. The molecule has 7 nitrogen and oxygen atoms in total. The Kier molecular flexibility index (Phi) is 5.98. The van der Waals surface area contributed by atoms with Crippen molar-refractivity contribution in [3.05, 3.63) is 52.9 Å². The van der Waals surface area contributed by atoms with Crippen LogP contribution in [0, 0.1) is 12.8 Å². The van der Waals surface area contributed by atoms with Crippen molar-refractivity contribution in [2.24, 2.45) is 11.0 Å². The molecule has 1 fully saturated rings. The van der Waals surface area contributed by atoms with Gasteiger partial charge in [-0.15, -0.1) is 0 Å². The number of sulfonamides is 1. The van der Waals surface area contributed by atoms with Crippen LogP contribution in [0.1, 0.15) is 24.4 Å². The Morgan fingerprint density at radius 1 is 1.30 bits per heavy atom.